The van der Waals surface area contributed by atoms with Crippen LogP contribution >= 0.6 is 11.6 Å². The first-order valence-corrected chi connectivity index (χ1v) is 8.43. The minimum absolute atomic E-state index is 0.0217. The van der Waals surface area contributed by atoms with Crippen molar-refractivity contribution in [3.8, 4) is 0 Å². The lowest BCUT2D eigenvalue weighted by molar-refractivity contribution is -0.116. The van der Waals surface area contributed by atoms with E-state index < -0.39 is 0 Å². The van der Waals surface area contributed by atoms with E-state index >= 15 is 0 Å². The van der Waals surface area contributed by atoms with Gasteiger partial charge in [-0.05, 0) is 54.3 Å². The number of carbonyl (C=O) groups is 2. The molecule has 1 atom stereocenters. The quantitative estimate of drug-likeness (QED) is 0.878. The Kier molecular flexibility index (Phi) is 4.86. The Morgan fingerprint density at radius 2 is 1.96 bits per heavy atom. The molecule has 0 bridgehead atoms. The first-order valence-electron chi connectivity index (χ1n) is 8.06. The van der Waals surface area contributed by atoms with Crippen molar-refractivity contribution in [2.24, 2.45) is 0 Å². The molecule has 1 aliphatic heterocycles. The molecule has 0 radical (unpaired) electrons. The summed E-state index contributed by atoms with van der Waals surface area (Å²) >= 11 is 5.92. The van der Waals surface area contributed by atoms with Crippen LogP contribution in [-0.2, 0) is 11.2 Å². The fourth-order valence-electron chi connectivity index (χ4n) is 2.88. The monoisotopic (exact) mass is 342 g/mol. The Hall–Kier alpha value is -2.33. The maximum atomic E-state index is 12.6. The van der Waals surface area contributed by atoms with Gasteiger partial charge in [0.15, 0.2) is 0 Å². The molecule has 0 fully saturated rings. The zero-order chi connectivity index (χ0) is 17.1. The number of benzene rings is 2. The van der Waals surface area contributed by atoms with Crippen molar-refractivity contribution in [3.05, 3.63) is 64.2 Å². The smallest absolute Gasteiger partial charge is 0.251 e. The maximum Gasteiger partial charge on any atom is 0.251 e. The highest BCUT2D eigenvalue weighted by Crippen LogP contribution is 2.24. The van der Waals surface area contributed by atoms with Gasteiger partial charge in [0.2, 0.25) is 5.91 Å². The van der Waals surface area contributed by atoms with Gasteiger partial charge in [-0.1, -0.05) is 30.7 Å². The molecule has 2 aromatic carbocycles. The summed E-state index contributed by atoms with van der Waals surface area (Å²) in [5.74, 6) is -0.0926. The minimum atomic E-state index is -0.114. The van der Waals surface area contributed by atoms with E-state index in [1.807, 2.05) is 37.3 Å². The number of anilines is 1. The predicted molar refractivity (Wildman–Crippen MR) is 95.3 cm³/mol. The maximum absolute atomic E-state index is 12.6. The number of amides is 2. The van der Waals surface area contributed by atoms with Crippen LogP contribution in [0.5, 0.6) is 0 Å². The van der Waals surface area contributed by atoms with E-state index in [0.29, 0.717) is 23.4 Å². The van der Waals surface area contributed by atoms with Gasteiger partial charge in [-0.25, -0.2) is 0 Å². The molecule has 24 heavy (non-hydrogen) atoms. The molecule has 4 nitrogen and oxygen atoms in total. The van der Waals surface area contributed by atoms with Gasteiger partial charge in [0, 0.05) is 22.7 Å². The van der Waals surface area contributed by atoms with Crippen LogP contribution in [0.25, 0.3) is 0 Å². The van der Waals surface area contributed by atoms with E-state index in [1.54, 1.807) is 12.1 Å². The lowest BCUT2D eigenvalue weighted by atomic mass is 9.99. The van der Waals surface area contributed by atoms with Gasteiger partial charge in [-0.2, -0.15) is 0 Å². The molecule has 1 heterocycles. The molecule has 1 unspecified atom stereocenters. The number of hydrogen-bond acceptors (Lipinski definition) is 2. The number of carbonyl (C=O) groups excluding carboxylic acids is 2. The minimum Gasteiger partial charge on any atom is -0.345 e. The van der Waals surface area contributed by atoms with E-state index in [0.717, 1.165) is 23.2 Å². The summed E-state index contributed by atoms with van der Waals surface area (Å²) in [5.41, 5.74) is 3.44. The van der Waals surface area contributed by atoms with Crippen LogP contribution in [0.3, 0.4) is 0 Å². The van der Waals surface area contributed by atoms with E-state index in [1.165, 1.54) is 0 Å². The Balaban J connectivity index is 1.76. The number of hydrogen-bond donors (Lipinski definition) is 2. The van der Waals surface area contributed by atoms with E-state index in [2.05, 4.69) is 10.6 Å². The summed E-state index contributed by atoms with van der Waals surface area (Å²) in [6.07, 6.45) is 1.91. The molecule has 0 aromatic heterocycles. The third-order valence-electron chi connectivity index (χ3n) is 4.25. The topological polar surface area (TPSA) is 58.2 Å². The second-order valence-corrected chi connectivity index (χ2v) is 6.34. The second-order valence-electron chi connectivity index (χ2n) is 5.91. The van der Waals surface area contributed by atoms with Crippen molar-refractivity contribution in [1.29, 1.82) is 0 Å². The Labute approximate surface area is 146 Å². The van der Waals surface area contributed by atoms with Crippen molar-refractivity contribution < 1.29 is 9.59 Å². The van der Waals surface area contributed by atoms with E-state index in [9.17, 15) is 9.59 Å². The SMILES string of the molecule is CCC(NC(=O)c1ccc2c(c1)CCC(=O)N2)c1ccc(Cl)cc1. The third kappa shape index (κ3) is 3.60. The van der Waals surface area contributed by atoms with Gasteiger partial charge in [0.25, 0.3) is 5.91 Å². The number of halogens is 1. The highest BCUT2D eigenvalue weighted by Gasteiger charge is 2.18. The second kappa shape index (κ2) is 7.05. The van der Waals surface area contributed by atoms with E-state index in [4.69, 9.17) is 11.6 Å². The molecule has 2 amide bonds. The van der Waals surface area contributed by atoms with E-state index in [-0.39, 0.29) is 17.9 Å². The Morgan fingerprint density at radius 3 is 2.67 bits per heavy atom. The van der Waals surface area contributed by atoms with Crippen LogP contribution in [0.2, 0.25) is 5.02 Å². The first kappa shape index (κ1) is 16.5. The van der Waals surface area contributed by atoms with Gasteiger partial charge in [-0.15, -0.1) is 0 Å². The normalized spacial score (nSPS) is 14.5. The number of rotatable bonds is 4. The van der Waals surface area contributed by atoms with Crippen LogP contribution in [0, 0.1) is 0 Å². The summed E-state index contributed by atoms with van der Waals surface area (Å²) in [6.45, 7) is 2.03. The largest absolute Gasteiger partial charge is 0.345 e. The molecule has 0 aliphatic carbocycles. The standard InChI is InChI=1S/C19H19ClN2O2/c1-2-16(12-3-7-15(20)8-4-12)22-19(24)14-5-9-17-13(11-14)6-10-18(23)21-17/h3-5,7-9,11,16H,2,6,10H2,1H3,(H,21,23)(H,22,24). The van der Waals surface area contributed by atoms with Gasteiger partial charge in [-0.3, -0.25) is 9.59 Å². The average Bonchev–Trinajstić information content (AvgIpc) is 2.60. The molecule has 2 aromatic rings. The lowest BCUT2D eigenvalue weighted by Crippen LogP contribution is -2.28. The molecular weight excluding hydrogens is 324 g/mol. The Bertz CT molecular complexity index is 771. The molecule has 124 valence electrons. The summed E-state index contributed by atoms with van der Waals surface area (Å²) in [4.78, 5) is 24.0. The Morgan fingerprint density at radius 1 is 1.21 bits per heavy atom. The van der Waals surface area contributed by atoms with Crippen LogP contribution in [0.1, 0.15) is 47.3 Å². The molecule has 0 spiro atoms. The van der Waals surface area contributed by atoms with Crippen molar-refractivity contribution in [2.45, 2.75) is 32.2 Å². The van der Waals surface area contributed by atoms with Gasteiger partial charge in [0.1, 0.15) is 0 Å². The molecule has 0 saturated heterocycles. The molecule has 3 rings (SSSR count). The summed E-state index contributed by atoms with van der Waals surface area (Å²) in [7, 11) is 0. The number of aryl methyl sites for hydroxylation is 1. The van der Waals surface area contributed by atoms with Crippen LogP contribution in [-0.4, -0.2) is 11.8 Å². The fraction of sp³-hybridized carbons (Fsp3) is 0.263. The van der Waals surface area contributed by atoms with Crippen molar-refractivity contribution in [3.63, 3.8) is 0 Å². The van der Waals surface area contributed by atoms with Crippen LogP contribution in [0.4, 0.5) is 5.69 Å². The first-order chi connectivity index (χ1) is 11.6. The summed E-state index contributed by atoms with van der Waals surface area (Å²) < 4.78 is 0. The predicted octanol–water partition coefficient (Wildman–Crippen LogP) is 4.11. The molecule has 0 saturated carbocycles. The van der Waals surface area contributed by atoms with Gasteiger partial charge >= 0.3 is 0 Å². The summed E-state index contributed by atoms with van der Waals surface area (Å²) in [6, 6.07) is 12.8. The molecule has 2 N–H and O–H groups in total. The molecule has 5 heteroatoms. The van der Waals surface area contributed by atoms with Crippen LogP contribution < -0.4 is 10.6 Å². The van der Waals surface area contributed by atoms with Crippen LogP contribution in [0.15, 0.2) is 42.5 Å². The van der Waals surface area contributed by atoms with Crippen molar-refractivity contribution in [2.75, 3.05) is 5.32 Å². The highest BCUT2D eigenvalue weighted by molar-refractivity contribution is 6.30. The molecule has 1 aliphatic rings. The molecular formula is C19H19ClN2O2. The van der Waals surface area contributed by atoms with Gasteiger partial charge < -0.3 is 10.6 Å². The lowest BCUT2D eigenvalue weighted by Gasteiger charge is -2.20. The summed E-state index contributed by atoms with van der Waals surface area (Å²) in [5, 5.41) is 6.57. The van der Waals surface area contributed by atoms with Gasteiger partial charge in [0.05, 0.1) is 6.04 Å². The van der Waals surface area contributed by atoms with Crippen molar-refractivity contribution in [1.82, 2.24) is 5.32 Å². The number of fused-ring (bicyclic) bond motifs is 1. The fourth-order valence-corrected chi connectivity index (χ4v) is 3.01. The third-order valence-corrected chi connectivity index (χ3v) is 4.50. The average molecular weight is 343 g/mol. The highest BCUT2D eigenvalue weighted by atomic mass is 35.5. The zero-order valence-corrected chi connectivity index (χ0v) is 14.2. The van der Waals surface area contributed by atoms with Crippen molar-refractivity contribution >= 4 is 29.1 Å². The zero-order valence-electron chi connectivity index (χ0n) is 13.4. The number of nitrogens with one attached hydrogen (secondary N) is 2.